The minimum Gasteiger partial charge on any atom is -0.356 e. The first kappa shape index (κ1) is 15.5. The fraction of sp³-hybridized carbons (Fsp3) is 0.400. The van der Waals surface area contributed by atoms with Crippen LogP contribution >= 0.6 is 23.1 Å². The molecule has 1 saturated heterocycles. The second-order valence-electron chi connectivity index (χ2n) is 5.12. The Kier molecular flexibility index (Phi) is 5.42. The third-order valence-corrected chi connectivity index (χ3v) is 5.52. The number of thioether (sulfide) groups is 1. The zero-order valence-electron chi connectivity index (χ0n) is 12.1. The number of nitrogens with zero attached hydrogens (tertiary/aromatic N) is 2. The molecule has 1 aliphatic rings. The van der Waals surface area contributed by atoms with E-state index in [4.69, 9.17) is 0 Å². The van der Waals surface area contributed by atoms with E-state index in [0.29, 0.717) is 5.75 Å². The van der Waals surface area contributed by atoms with Crippen molar-refractivity contribution in [1.29, 1.82) is 0 Å². The Morgan fingerprint density at radius 3 is 3.00 bits per heavy atom. The van der Waals surface area contributed by atoms with Crippen LogP contribution in [0.2, 0.25) is 0 Å². The topological polar surface area (TPSA) is 66.9 Å². The van der Waals surface area contributed by atoms with Crippen molar-refractivity contribution >= 4 is 34.0 Å². The maximum atomic E-state index is 12.0. The molecule has 5 nitrogen and oxygen atoms in total. The van der Waals surface area contributed by atoms with E-state index in [1.165, 1.54) is 28.7 Å². The second kappa shape index (κ2) is 7.71. The van der Waals surface area contributed by atoms with Crippen molar-refractivity contribution < 1.29 is 4.79 Å². The van der Waals surface area contributed by atoms with Gasteiger partial charge in [0.25, 0.3) is 0 Å². The van der Waals surface area contributed by atoms with Gasteiger partial charge < -0.3 is 10.6 Å². The lowest BCUT2D eigenvalue weighted by Gasteiger charge is -2.06. The zero-order valence-corrected chi connectivity index (χ0v) is 13.8. The van der Waals surface area contributed by atoms with E-state index in [2.05, 4.69) is 33.0 Å². The van der Waals surface area contributed by atoms with Gasteiger partial charge in [0.1, 0.15) is 0 Å². The van der Waals surface area contributed by atoms with E-state index in [9.17, 15) is 4.79 Å². The van der Waals surface area contributed by atoms with Gasteiger partial charge >= 0.3 is 0 Å². The lowest BCUT2D eigenvalue weighted by molar-refractivity contribution is -0.118. The van der Waals surface area contributed by atoms with Crippen LogP contribution < -0.4 is 10.6 Å². The van der Waals surface area contributed by atoms with E-state index >= 15 is 0 Å². The molecular weight excluding hydrogens is 316 g/mol. The molecule has 0 spiro atoms. The largest absolute Gasteiger partial charge is 0.356 e. The molecule has 1 aromatic carbocycles. The summed E-state index contributed by atoms with van der Waals surface area (Å²) in [5, 5.41) is 15.5. The minimum atomic E-state index is 0.0381. The molecule has 0 amide bonds. The van der Waals surface area contributed by atoms with Crippen LogP contribution in [0.5, 0.6) is 0 Å². The van der Waals surface area contributed by atoms with E-state index in [-0.39, 0.29) is 11.8 Å². The van der Waals surface area contributed by atoms with Gasteiger partial charge in [0.2, 0.25) is 5.13 Å². The molecule has 2 N–H and O–H groups in total. The monoisotopic (exact) mass is 334 g/mol. The predicted octanol–water partition coefficient (Wildman–Crippen LogP) is 2.56. The number of benzene rings is 1. The van der Waals surface area contributed by atoms with Crippen molar-refractivity contribution in [3.8, 4) is 0 Å². The first-order chi connectivity index (χ1) is 10.8. The molecule has 1 aliphatic heterocycles. The van der Waals surface area contributed by atoms with Crippen molar-refractivity contribution in [3.05, 3.63) is 35.9 Å². The first-order valence-corrected chi connectivity index (χ1v) is 9.11. The van der Waals surface area contributed by atoms with Crippen molar-refractivity contribution in [2.24, 2.45) is 0 Å². The quantitative estimate of drug-likeness (QED) is 0.759. The van der Waals surface area contributed by atoms with Gasteiger partial charge in [-0.15, -0.1) is 10.2 Å². The van der Waals surface area contributed by atoms with Crippen LogP contribution in [0, 0.1) is 0 Å². The summed E-state index contributed by atoms with van der Waals surface area (Å²) in [5.41, 5.74) is 1.20. The average molecular weight is 334 g/mol. The van der Waals surface area contributed by atoms with E-state index in [1.54, 1.807) is 0 Å². The number of nitrogens with one attached hydrogen (secondary N) is 2. The molecule has 0 aliphatic carbocycles. The normalized spacial score (nSPS) is 17.5. The van der Waals surface area contributed by atoms with Crippen molar-refractivity contribution in [2.45, 2.75) is 29.8 Å². The average Bonchev–Trinajstić information content (AvgIpc) is 3.23. The first-order valence-electron chi connectivity index (χ1n) is 7.31. The summed E-state index contributed by atoms with van der Waals surface area (Å²) in [4.78, 5) is 12.0. The number of rotatable bonds is 7. The van der Waals surface area contributed by atoms with Crippen LogP contribution in [0.3, 0.4) is 0 Å². The van der Waals surface area contributed by atoms with Crippen LogP contribution in [-0.4, -0.2) is 34.3 Å². The lowest BCUT2D eigenvalue weighted by Crippen LogP contribution is -2.31. The highest BCUT2D eigenvalue weighted by Gasteiger charge is 2.22. The summed E-state index contributed by atoms with van der Waals surface area (Å²) in [6.07, 6.45) is 2.05. The molecule has 22 heavy (non-hydrogen) atoms. The highest BCUT2D eigenvalue weighted by Crippen LogP contribution is 2.26. The van der Waals surface area contributed by atoms with Gasteiger partial charge in [0.05, 0.1) is 11.8 Å². The Labute approximate surface area is 137 Å². The molecule has 2 heterocycles. The number of hydrogen-bond acceptors (Lipinski definition) is 7. The van der Waals surface area contributed by atoms with E-state index in [0.717, 1.165) is 35.4 Å². The van der Waals surface area contributed by atoms with E-state index in [1.807, 2.05) is 18.2 Å². The third-order valence-electron chi connectivity index (χ3n) is 3.48. The summed E-state index contributed by atoms with van der Waals surface area (Å²) >= 11 is 2.97. The summed E-state index contributed by atoms with van der Waals surface area (Å²) in [5.74, 6) is 0.724. The van der Waals surface area contributed by atoms with E-state index < -0.39 is 0 Å². The Balaban J connectivity index is 1.45. The molecule has 2 aromatic rings. The van der Waals surface area contributed by atoms with Gasteiger partial charge in [-0.3, -0.25) is 4.79 Å². The summed E-state index contributed by atoms with van der Waals surface area (Å²) in [6, 6.07) is 10.2. The molecule has 116 valence electrons. The maximum absolute atomic E-state index is 12.0. The van der Waals surface area contributed by atoms with Gasteiger partial charge in [-0.05, 0) is 24.9 Å². The highest BCUT2D eigenvalue weighted by atomic mass is 32.2. The number of anilines is 1. The number of aromatic nitrogens is 2. The van der Waals surface area contributed by atoms with Crippen molar-refractivity contribution in [1.82, 2.24) is 15.5 Å². The molecule has 1 atom stereocenters. The zero-order chi connectivity index (χ0) is 15.2. The van der Waals surface area contributed by atoms with Gasteiger partial charge in [0.15, 0.2) is 10.1 Å². The molecule has 1 unspecified atom stereocenters. The van der Waals surface area contributed by atoms with Crippen LogP contribution in [0.1, 0.15) is 18.4 Å². The Hall–Kier alpha value is -1.44. The molecule has 1 aromatic heterocycles. The number of carbonyl (C=O) groups excluding carboxylic acids is 1. The van der Waals surface area contributed by atoms with Gasteiger partial charge in [0, 0.05) is 6.54 Å². The minimum absolute atomic E-state index is 0.0381. The van der Waals surface area contributed by atoms with Crippen molar-refractivity contribution in [2.75, 3.05) is 17.6 Å². The third kappa shape index (κ3) is 4.28. The Morgan fingerprint density at radius 1 is 1.36 bits per heavy atom. The molecule has 3 rings (SSSR count). The van der Waals surface area contributed by atoms with Gasteiger partial charge in [-0.1, -0.05) is 53.4 Å². The number of Topliss-reactive ketones (excluding diaryl/α,β-unsaturated/α-hetero) is 1. The lowest BCUT2D eigenvalue weighted by atomic mass is 10.2. The molecule has 0 radical (unpaired) electrons. The van der Waals surface area contributed by atoms with Crippen molar-refractivity contribution in [3.63, 3.8) is 0 Å². The van der Waals surface area contributed by atoms with Crippen LogP contribution in [0.25, 0.3) is 0 Å². The Morgan fingerprint density at radius 2 is 2.23 bits per heavy atom. The molecular formula is C15H18N4OS2. The van der Waals surface area contributed by atoms with Crippen LogP contribution in [0.4, 0.5) is 5.13 Å². The number of ketones is 1. The number of carbonyl (C=O) groups is 1. The molecule has 7 heteroatoms. The second-order valence-corrected chi connectivity index (χ2v) is 7.32. The van der Waals surface area contributed by atoms with Gasteiger partial charge in [-0.2, -0.15) is 0 Å². The Bertz CT molecular complexity index is 611. The fourth-order valence-electron chi connectivity index (χ4n) is 2.31. The standard InChI is InChI=1S/C15H18N4OS2/c20-13(12-7-4-8-16-12)10-21-15-19-18-14(22-15)17-9-11-5-2-1-3-6-11/h1-3,5-6,12,16H,4,7-10H2,(H,17,18). The molecule has 0 bridgehead atoms. The summed E-state index contributed by atoms with van der Waals surface area (Å²) in [6.45, 7) is 1.68. The van der Waals surface area contributed by atoms with Crippen LogP contribution in [-0.2, 0) is 11.3 Å². The predicted molar refractivity (Wildman–Crippen MR) is 90.4 cm³/mol. The van der Waals surface area contributed by atoms with Gasteiger partial charge in [-0.25, -0.2) is 0 Å². The fourth-order valence-corrected chi connectivity index (χ4v) is 3.99. The highest BCUT2D eigenvalue weighted by molar-refractivity contribution is 8.01. The van der Waals surface area contributed by atoms with Crippen LogP contribution in [0.15, 0.2) is 34.7 Å². The maximum Gasteiger partial charge on any atom is 0.206 e. The molecule has 1 fully saturated rings. The smallest absolute Gasteiger partial charge is 0.206 e. The summed E-state index contributed by atoms with van der Waals surface area (Å²) in [7, 11) is 0. The number of hydrogen-bond donors (Lipinski definition) is 2. The molecule has 0 saturated carbocycles. The SMILES string of the molecule is O=C(CSc1nnc(NCc2ccccc2)s1)C1CCCN1. The summed E-state index contributed by atoms with van der Waals surface area (Å²) < 4.78 is 0.835.